The zero-order chi connectivity index (χ0) is 8.10. The maximum atomic E-state index is 5.68. The Morgan fingerprint density at radius 3 is 3.09 bits per heavy atom. The van der Waals surface area contributed by atoms with Crippen LogP contribution in [0.5, 0.6) is 5.75 Å². The van der Waals surface area contributed by atoms with Crippen molar-refractivity contribution in [3.63, 3.8) is 0 Å². The molecule has 0 atom stereocenters. The van der Waals surface area contributed by atoms with Gasteiger partial charge in [0.2, 0.25) is 0 Å². The number of hydrogen-bond acceptors (Lipinski definition) is 2. The Bertz CT molecular complexity index is 225. The lowest BCUT2D eigenvalue weighted by molar-refractivity contribution is 0.0509. The first-order chi connectivity index (χ1) is 5.33. The highest BCUT2D eigenvalue weighted by Crippen LogP contribution is 2.15. The van der Waals surface area contributed by atoms with Crippen LogP contribution in [0.3, 0.4) is 0 Å². The third-order valence-corrected chi connectivity index (χ3v) is 1.30. The maximum Gasteiger partial charge on any atom is 0.188 e. The summed E-state index contributed by atoms with van der Waals surface area (Å²) in [6.45, 7) is 0.219. The van der Waals surface area contributed by atoms with Gasteiger partial charge in [0.15, 0.2) is 6.79 Å². The molecule has 0 aromatic heterocycles. The molecule has 0 saturated heterocycles. The topological polar surface area (TPSA) is 18.5 Å². The van der Waals surface area contributed by atoms with Crippen LogP contribution in [-0.4, -0.2) is 13.9 Å². The van der Waals surface area contributed by atoms with Crippen LogP contribution in [-0.2, 0) is 4.74 Å². The van der Waals surface area contributed by atoms with Crippen LogP contribution in [0.25, 0.3) is 0 Å². The Labute approximate surface area is 70.7 Å². The standard InChI is InChI=1S/C8H8ClO2/c1-10-6-11-8-4-2-3-7(9)5-8/h2-3,5H,6H2,1H3. The molecule has 59 valence electrons. The normalized spacial score (nSPS) is 9.64. The summed E-state index contributed by atoms with van der Waals surface area (Å²) in [5, 5.41) is 0.634. The van der Waals surface area contributed by atoms with Crippen molar-refractivity contribution < 1.29 is 9.47 Å². The monoisotopic (exact) mass is 171 g/mol. The first-order valence-electron chi connectivity index (χ1n) is 3.12. The summed E-state index contributed by atoms with van der Waals surface area (Å²) in [6.07, 6.45) is 0. The molecule has 0 amide bonds. The van der Waals surface area contributed by atoms with E-state index < -0.39 is 0 Å². The Hall–Kier alpha value is -0.730. The molecule has 3 heteroatoms. The lowest BCUT2D eigenvalue weighted by atomic mass is 10.3. The minimum atomic E-state index is 0.219. The third-order valence-electron chi connectivity index (χ3n) is 1.07. The van der Waals surface area contributed by atoms with Gasteiger partial charge in [-0.3, -0.25) is 0 Å². The highest BCUT2D eigenvalue weighted by Gasteiger charge is 1.92. The molecule has 0 heterocycles. The van der Waals surface area contributed by atoms with Crippen LogP contribution in [0.1, 0.15) is 0 Å². The van der Waals surface area contributed by atoms with Crippen molar-refractivity contribution in [2.45, 2.75) is 0 Å². The fourth-order valence-corrected chi connectivity index (χ4v) is 0.786. The molecule has 1 radical (unpaired) electrons. The Balaban J connectivity index is 2.56. The highest BCUT2D eigenvalue weighted by molar-refractivity contribution is 6.30. The molecule has 0 unspecified atom stereocenters. The fourth-order valence-electron chi connectivity index (χ4n) is 0.624. The van der Waals surface area contributed by atoms with Crippen LogP contribution in [0.4, 0.5) is 0 Å². The van der Waals surface area contributed by atoms with Gasteiger partial charge in [0.05, 0.1) is 0 Å². The molecule has 0 N–H and O–H groups in total. The summed E-state index contributed by atoms with van der Waals surface area (Å²) in [4.78, 5) is 0. The molecular formula is C8H8ClO2. The van der Waals surface area contributed by atoms with Crippen LogP contribution in [0.2, 0.25) is 5.02 Å². The van der Waals surface area contributed by atoms with Gasteiger partial charge in [-0.1, -0.05) is 11.6 Å². The Morgan fingerprint density at radius 1 is 1.64 bits per heavy atom. The second-order valence-corrected chi connectivity index (χ2v) is 2.36. The molecule has 11 heavy (non-hydrogen) atoms. The van der Waals surface area contributed by atoms with E-state index in [2.05, 4.69) is 6.07 Å². The molecule has 0 aliphatic carbocycles. The first-order valence-corrected chi connectivity index (χ1v) is 3.49. The Kier molecular flexibility index (Phi) is 3.20. The number of methoxy groups -OCH3 is 1. The summed E-state index contributed by atoms with van der Waals surface area (Å²) in [5.41, 5.74) is 0. The van der Waals surface area contributed by atoms with Crippen molar-refractivity contribution in [3.8, 4) is 5.75 Å². The summed E-state index contributed by atoms with van der Waals surface area (Å²) < 4.78 is 9.77. The van der Waals surface area contributed by atoms with E-state index in [4.69, 9.17) is 21.1 Å². The second-order valence-electron chi connectivity index (χ2n) is 1.92. The van der Waals surface area contributed by atoms with E-state index in [1.54, 1.807) is 25.3 Å². The van der Waals surface area contributed by atoms with Gasteiger partial charge in [-0.05, 0) is 18.2 Å². The van der Waals surface area contributed by atoms with Crippen LogP contribution >= 0.6 is 11.6 Å². The summed E-state index contributed by atoms with van der Waals surface area (Å²) in [5.74, 6) is 0.597. The zero-order valence-electron chi connectivity index (χ0n) is 6.13. The van der Waals surface area contributed by atoms with E-state index in [0.717, 1.165) is 0 Å². The van der Waals surface area contributed by atoms with E-state index in [-0.39, 0.29) is 6.79 Å². The number of rotatable bonds is 3. The van der Waals surface area contributed by atoms with E-state index in [1.807, 2.05) is 0 Å². The highest BCUT2D eigenvalue weighted by atomic mass is 35.5. The van der Waals surface area contributed by atoms with Crippen molar-refractivity contribution >= 4 is 11.6 Å². The van der Waals surface area contributed by atoms with Gasteiger partial charge in [-0.2, -0.15) is 0 Å². The van der Waals surface area contributed by atoms with Crippen molar-refractivity contribution in [2.75, 3.05) is 13.9 Å². The predicted octanol–water partition coefficient (Wildman–Crippen LogP) is 2.12. The van der Waals surface area contributed by atoms with E-state index >= 15 is 0 Å². The van der Waals surface area contributed by atoms with Gasteiger partial charge in [0, 0.05) is 18.2 Å². The Morgan fingerprint density at radius 2 is 2.45 bits per heavy atom. The minimum Gasteiger partial charge on any atom is -0.467 e. The molecule has 0 aliphatic rings. The molecule has 1 aromatic rings. The van der Waals surface area contributed by atoms with Crippen molar-refractivity contribution in [3.05, 3.63) is 29.3 Å². The van der Waals surface area contributed by atoms with Crippen molar-refractivity contribution in [2.24, 2.45) is 0 Å². The fraction of sp³-hybridized carbons (Fsp3) is 0.250. The summed E-state index contributed by atoms with van der Waals surface area (Å²) in [7, 11) is 1.56. The largest absolute Gasteiger partial charge is 0.467 e. The smallest absolute Gasteiger partial charge is 0.188 e. The number of hydrogen-bond donors (Lipinski definition) is 0. The number of halogens is 1. The first kappa shape index (κ1) is 8.37. The van der Waals surface area contributed by atoms with Crippen molar-refractivity contribution in [1.29, 1.82) is 0 Å². The lowest BCUT2D eigenvalue weighted by Crippen LogP contribution is -1.98. The quantitative estimate of drug-likeness (QED) is 0.649. The van der Waals surface area contributed by atoms with Crippen LogP contribution in [0.15, 0.2) is 18.2 Å². The van der Waals surface area contributed by atoms with Gasteiger partial charge in [-0.15, -0.1) is 0 Å². The van der Waals surface area contributed by atoms with E-state index in [0.29, 0.717) is 10.8 Å². The molecule has 0 aliphatic heterocycles. The molecule has 0 fully saturated rings. The SMILES string of the molecule is COCOc1[c]ccc(Cl)c1. The summed E-state index contributed by atoms with van der Waals surface area (Å²) in [6, 6.07) is 7.98. The van der Waals surface area contributed by atoms with E-state index in [1.165, 1.54) is 0 Å². The second kappa shape index (κ2) is 4.21. The molecule has 1 aromatic carbocycles. The number of benzene rings is 1. The number of ether oxygens (including phenoxy) is 2. The van der Waals surface area contributed by atoms with Gasteiger partial charge in [0.1, 0.15) is 5.75 Å². The van der Waals surface area contributed by atoms with Gasteiger partial charge in [0.25, 0.3) is 0 Å². The molecule has 0 saturated carbocycles. The van der Waals surface area contributed by atoms with Crippen LogP contribution in [0, 0.1) is 6.07 Å². The molecule has 0 spiro atoms. The van der Waals surface area contributed by atoms with Gasteiger partial charge in [-0.25, -0.2) is 0 Å². The molecule has 1 rings (SSSR count). The average Bonchev–Trinajstić information content (AvgIpc) is 2.01. The molecular weight excluding hydrogens is 164 g/mol. The van der Waals surface area contributed by atoms with Crippen LogP contribution < -0.4 is 4.74 Å². The summed E-state index contributed by atoms with van der Waals surface area (Å²) >= 11 is 5.68. The average molecular weight is 172 g/mol. The van der Waals surface area contributed by atoms with Gasteiger partial charge < -0.3 is 9.47 Å². The van der Waals surface area contributed by atoms with E-state index in [9.17, 15) is 0 Å². The predicted molar refractivity (Wildman–Crippen MR) is 42.8 cm³/mol. The minimum absolute atomic E-state index is 0.219. The van der Waals surface area contributed by atoms with Gasteiger partial charge >= 0.3 is 0 Å². The van der Waals surface area contributed by atoms with Crippen molar-refractivity contribution in [1.82, 2.24) is 0 Å². The lowest BCUT2D eigenvalue weighted by Gasteiger charge is -2.02. The molecule has 2 nitrogen and oxygen atoms in total. The molecule has 0 bridgehead atoms. The zero-order valence-corrected chi connectivity index (χ0v) is 6.89. The third kappa shape index (κ3) is 2.78. The maximum absolute atomic E-state index is 5.68.